The highest BCUT2D eigenvalue weighted by atomic mass is 127. The predicted molar refractivity (Wildman–Crippen MR) is 139 cm³/mol. The summed E-state index contributed by atoms with van der Waals surface area (Å²) in [5.74, 6) is 2.26. The summed E-state index contributed by atoms with van der Waals surface area (Å²) in [5, 5.41) is 7.05. The number of benzene rings is 1. The van der Waals surface area contributed by atoms with E-state index in [-0.39, 0.29) is 30.0 Å². The third-order valence-corrected chi connectivity index (χ3v) is 5.97. The fourth-order valence-electron chi connectivity index (χ4n) is 4.15. The SMILES string of the molecule is CN=C(NCC(C)CN1CCOCC1)NCC(c1ccc(OC)cc1)N1CCOCC1.I. The first-order valence-corrected chi connectivity index (χ1v) is 11.4. The van der Waals surface area contributed by atoms with Gasteiger partial charge in [0, 0.05) is 52.9 Å². The molecule has 8 nitrogen and oxygen atoms in total. The van der Waals surface area contributed by atoms with Crippen LogP contribution in [0.15, 0.2) is 29.3 Å². The third kappa shape index (κ3) is 8.66. The van der Waals surface area contributed by atoms with Gasteiger partial charge < -0.3 is 24.8 Å². The maximum absolute atomic E-state index is 5.57. The van der Waals surface area contributed by atoms with Crippen LogP contribution in [0.2, 0.25) is 0 Å². The Morgan fingerprint density at radius 2 is 1.59 bits per heavy atom. The van der Waals surface area contributed by atoms with Gasteiger partial charge in [0.15, 0.2) is 5.96 Å². The van der Waals surface area contributed by atoms with Crippen molar-refractivity contribution < 1.29 is 14.2 Å². The number of methoxy groups -OCH3 is 1. The van der Waals surface area contributed by atoms with Crippen LogP contribution in [0.4, 0.5) is 0 Å². The van der Waals surface area contributed by atoms with E-state index in [1.54, 1.807) is 7.11 Å². The van der Waals surface area contributed by atoms with E-state index in [0.717, 1.165) is 83.9 Å². The maximum Gasteiger partial charge on any atom is 0.191 e. The predicted octanol–water partition coefficient (Wildman–Crippen LogP) is 1.82. The molecule has 0 amide bonds. The Morgan fingerprint density at radius 3 is 2.19 bits per heavy atom. The zero-order valence-electron chi connectivity index (χ0n) is 19.7. The molecule has 182 valence electrons. The highest BCUT2D eigenvalue weighted by molar-refractivity contribution is 14.0. The molecule has 0 aliphatic carbocycles. The minimum atomic E-state index is 0. The number of nitrogens with zero attached hydrogens (tertiary/aromatic N) is 3. The van der Waals surface area contributed by atoms with Crippen LogP contribution < -0.4 is 15.4 Å². The normalized spacial score (nSPS) is 20.2. The number of hydrogen-bond acceptors (Lipinski definition) is 6. The average Bonchev–Trinajstić information content (AvgIpc) is 2.83. The lowest BCUT2D eigenvalue weighted by Crippen LogP contribution is -2.47. The summed E-state index contributed by atoms with van der Waals surface area (Å²) in [6, 6.07) is 8.62. The second kappa shape index (κ2) is 14.9. The maximum atomic E-state index is 5.57. The summed E-state index contributed by atoms with van der Waals surface area (Å²) in [5.41, 5.74) is 1.27. The minimum absolute atomic E-state index is 0. The van der Waals surface area contributed by atoms with E-state index in [1.807, 2.05) is 19.2 Å². The molecule has 2 aliphatic rings. The van der Waals surface area contributed by atoms with Gasteiger partial charge in [0.1, 0.15) is 5.75 Å². The Balaban J connectivity index is 0.00000363. The van der Waals surface area contributed by atoms with Gasteiger partial charge in [-0.05, 0) is 23.6 Å². The molecule has 32 heavy (non-hydrogen) atoms. The smallest absolute Gasteiger partial charge is 0.191 e. The van der Waals surface area contributed by atoms with Gasteiger partial charge in [0.05, 0.1) is 39.6 Å². The highest BCUT2D eigenvalue weighted by Gasteiger charge is 2.23. The first-order valence-electron chi connectivity index (χ1n) is 11.4. The summed E-state index contributed by atoms with van der Waals surface area (Å²) in [6.07, 6.45) is 0. The number of halogens is 1. The van der Waals surface area contributed by atoms with E-state index in [0.29, 0.717) is 5.92 Å². The van der Waals surface area contributed by atoms with E-state index < -0.39 is 0 Å². The number of nitrogens with one attached hydrogen (secondary N) is 2. The lowest BCUT2D eigenvalue weighted by molar-refractivity contribution is 0.0170. The summed E-state index contributed by atoms with van der Waals surface area (Å²) in [4.78, 5) is 9.40. The summed E-state index contributed by atoms with van der Waals surface area (Å²) in [6.45, 7) is 12.2. The van der Waals surface area contributed by atoms with Crippen molar-refractivity contribution in [2.24, 2.45) is 10.9 Å². The van der Waals surface area contributed by atoms with Crippen molar-refractivity contribution in [2.45, 2.75) is 13.0 Å². The van der Waals surface area contributed by atoms with Gasteiger partial charge in [-0.25, -0.2) is 0 Å². The average molecular weight is 562 g/mol. The molecule has 0 saturated carbocycles. The van der Waals surface area contributed by atoms with Gasteiger partial charge in [-0.3, -0.25) is 14.8 Å². The topological polar surface area (TPSA) is 70.6 Å². The number of morpholine rings is 2. The summed E-state index contributed by atoms with van der Waals surface area (Å²) >= 11 is 0. The first kappa shape index (κ1) is 27.1. The van der Waals surface area contributed by atoms with Crippen LogP contribution >= 0.6 is 24.0 Å². The Bertz CT molecular complexity index is 664. The van der Waals surface area contributed by atoms with Crippen LogP contribution in [-0.2, 0) is 9.47 Å². The number of ether oxygens (including phenoxy) is 3. The molecule has 2 atom stereocenters. The summed E-state index contributed by atoms with van der Waals surface area (Å²) in [7, 11) is 3.53. The first-order chi connectivity index (χ1) is 15.2. The molecule has 0 radical (unpaired) electrons. The number of rotatable bonds is 9. The largest absolute Gasteiger partial charge is 0.497 e. The van der Waals surface area contributed by atoms with E-state index in [2.05, 4.69) is 44.5 Å². The van der Waals surface area contributed by atoms with Crippen molar-refractivity contribution in [1.29, 1.82) is 0 Å². The Labute approximate surface area is 210 Å². The van der Waals surface area contributed by atoms with Crippen molar-refractivity contribution in [3.63, 3.8) is 0 Å². The van der Waals surface area contributed by atoms with Gasteiger partial charge in [-0.2, -0.15) is 0 Å². The number of aliphatic imine (C=N–C) groups is 1. The van der Waals surface area contributed by atoms with Crippen LogP contribution in [-0.4, -0.2) is 102 Å². The van der Waals surface area contributed by atoms with Gasteiger partial charge >= 0.3 is 0 Å². The van der Waals surface area contributed by atoms with Crippen molar-refractivity contribution >= 4 is 29.9 Å². The molecule has 2 aliphatic heterocycles. The zero-order valence-corrected chi connectivity index (χ0v) is 22.0. The van der Waals surface area contributed by atoms with Crippen molar-refractivity contribution in [3.8, 4) is 5.75 Å². The highest BCUT2D eigenvalue weighted by Crippen LogP contribution is 2.23. The molecule has 3 rings (SSSR count). The molecule has 9 heteroatoms. The van der Waals surface area contributed by atoms with Crippen LogP contribution in [0, 0.1) is 5.92 Å². The molecular weight excluding hydrogens is 521 g/mol. The van der Waals surface area contributed by atoms with E-state index in [9.17, 15) is 0 Å². The molecular formula is C23H40IN5O3. The molecule has 2 heterocycles. The molecule has 2 unspecified atom stereocenters. The van der Waals surface area contributed by atoms with Gasteiger partial charge in [0.2, 0.25) is 0 Å². The standard InChI is InChI=1S/C23H39N5O3.HI/c1-19(18-27-8-12-30-13-9-27)16-25-23(24-2)26-17-22(28-10-14-31-15-11-28)20-4-6-21(29-3)7-5-20;/h4-7,19,22H,8-18H2,1-3H3,(H2,24,25,26);1H. The molecule has 2 fully saturated rings. The number of guanidine groups is 1. The fourth-order valence-corrected chi connectivity index (χ4v) is 4.15. The van der Waals surface area contributed by atoms with Crippen molar-refractivity contribution in [3.05, 3.63) is 29.8 Å². The Kier molecular flexibility index (Phi) is 12.6. The second-order valence-electron chi connectivity index (χ2n) is 8.29. The van der Waals surface area contributed by atoms with E-state index in [1.165, 1.54) is 5.56 Å². The van der Waals surface area contributed by atoms with E-state index >= 15 is 0 Å². The van der Waals surface area contributed by atoms with Crippen molar-refractivity contribution in [1.82, 2.24) is 20.4 Å². The van der Waals surface area contributed by atoms with Crippen LogP contribution in [0.1, 0.15) is 18.5 Å². The monoisotopic (exact) mass is 561 g/mol. The molecule has 2 saturated heterocycles. The van der Waals surface area contributed by atoms with Crippen LogP contribution in [0.3, 0.4) is 0 Å². The molecule has 1 aromatic rings. The van der Waals surface area contributed by atoms with Crippen LogP contribution in [0.5, 0.6) is 5.75 Å². The quantitative estimate of drug-likeness (QED) is 0.271. The zero-order chi connectivity index (χ0) is 21.9. The lowest BCUT2D eigenvalue weighted by atomic mass is 10.0. The fraction of sp³-hybridized carbons (Fsp3) is 0.696. The lowest BCUT2D eigenvalue weighted by Gasteiger charge is -2.35. The van der Waals surface area contributed by atoms with Crippen LogP contribution in [0.25, 0.3) is 0 Å². The molecule has 0 aromatic heterocycles. The molecule has 1 aromatic carbocycles. The van der Waals surface area contributed by atoms with E-state index in [4.69, 9.17) is 14.2 Å². The Hall–Kier alpha value is -1.14. The number of hydrogen-bond donors (Lipinski definition) is 2. The third-order valence-electron chi connectivity index (χ3n) is 5.97. The molecule has 0 bridgehead atoms. The van der Waals surface area contributed by atoms with Gasteiger partial charge in [-0.15, -0.1) is 24.0 Å². The second-order valence-corrected chi connectivity index (χ2v) is 8.29. The van der Waals surface area contributed by atoms with Crippen molar-refractivity contribution in [2.75, 3.05) is 86.4 Å². The van der Waals surface area contributed by atoms with Gasteiger partial charge in [0.25, 0.3) is 0 Å². The molecule has 2 N–H and O–H groups in total. The Morgan fingerprint density at radius 1 is 1.00 bits per heavy atom. The minimum Gasteiger partial charge on any atom is -0.497 e. The summed E-state index contributed by atoms with van der Waals surface area (Å²) < 4.78 is 16.3. The van der Waals surface area contributed by atoms with Gasteiger partial charge in [-0.1, -0.05) is 19.1 Å². The molecule has 0 spiro atoms.